The van der Waals surface area contributed by atoms with Gasteiger partial charge in [-0.05, 0) is 19.3 Å². The lowest BCUT2D eigenvalue weighted by atomic mass is 9.80. The Morgan fingerprint density at radius 2 is 1.79 bits per heavy atom. The third-order valence-electron chi connectivity index (χ3n) is 4.02. The van der Waals surface area contributed by atoms with Crippen LogP contribution in [-0.4, -0.2) is 58.2 Å². The lowest BCUT2D eigenvalue weighted by Gasteiger charge is -2.44. The molecular formula is C17H31NO6. The Hall–Kier alpha value is -1.28. The maximum atomic E-state index is 11.9. The van der Waals surface area contributed by atoms with Gasteiger partial charge in [0.25, 0.3) is 0 Å². The van der Waals surface area contributed by atoms with Crippen molar-refractivity contribution in [2.24, 2.45) is 11.8 Å². The van der Waals surface area contributed by atoms with E-state index in [1.54, 1.807) is 0 Å². The Morgan fingerprint density at radius 1 is 1.21 bits per heavy atom. The highest BCUT2D eigenvalue weighted by molar-refractivity contribution is 5.78. The lowest BCUT2D eigenvalue weighted by molar-refractivity contribution is -0.244. The monoisotopic (exact) mass is 345 g/mol. The molecule has 5 atom stereocenters. The van der Waals surface area contributed by atoms with Crippen LogP contribution >= 0.6 is 0 Å². The molecule has 0 radical (unpaired) electrons. The van der Waals surface area contributed by atoms with Gasteiger partial charge in [0.15, 0.2) is 6.29 Å². The van der Waals surface area contributed by atoms with E-state index < -0.39 is 30.5 Å². The molecule has 0 aromatic rings. The second-order valence-corrected chi connectivity index (χ2v) is 6.21. The van der Waals surface area contributed by atoms with Gasteiger partial charge in [0, 0.05) is 18.8 Å². The number of aliphatic hydroxyl groups excluding tert-OH is 3. The van der Waals surface area contributed by atoms with Crippen LogP contribution in [0.2, 0.25) is 0 Å². The molecular weight excluding hydrogens is 314 g/mol. The molecule has 1 aliphatic rings. The first-order valence-electron chi connectivity index (χ1n) is 8.19. The molecule has 7 heteroatoms. The van der Waals surface area contributed by atoms with Gasteiger partial charge in [0.2, 0.25) is 5.91 Å². The predicted molar refractivity (Wildman–Crippen MR) is 90.0 cm³/mol. The molecule has 1 aliphatic heterocycles. The number of amides is 1. The maximum Gasteiger partial charge on any atom is 0.220 e. The average molecular weight is 345 g/mol. The van der Waals surface area contributed by atoms with Gasteiger partial charge < -0.3 is 30.2 Å². The molecule has 0 aromatic heterocycles. The van der Waals surface area contributed by atoms with Gasteiger partial charge in [0.05, 0.1) is 18.8 Å². The summed E-state index contributed by atoms with van der Waals surface area (Å²) < 4.78 is 5.31. The van der Waals surface area contributed by atoms with E-state index in [9.17, 15) is 24.9 Å². The molecule has 0 saturated carbocycles. The van der Waals surface area contributed by atoms with E-state index >= 15 is 0 Å². The molecule has 24 heavy (non-hydrogen) atoms. The van der Waals surface area contributed by atoms with Gasteiger partial charge in [-0.1, -0.05) is 13.8 Å². The van der Waals surface area contributed by atoms with Crippen molar-refractivity contribution in [1.29, 1.82) is 0 Å². The van der Waals surface area contributed by atoms with Crippen LogP contribution in [-0.2, 0) is 14.3 Å². The van der Waals surface area contributed by atoms with Crippen LogP contribution in [0.1, 0.15) is 40.0 Å². The number of Topliss-reactive ketones (excluding diaryl/α,β-unsaturated/α-hetero) is 1. The number of carbonyl (C=O) groups excluding carboxylic acids is 2. The molecule has 4 N–H and O–H groups in total. The van der Waals surface area contributed by atoms with Crippen LogP contribution in [0.25, 0.3) is 0 Å². The number of ether oxygens (including phenoxy) is 1. The Labute approximate surface area is 143 Å². The summed E-state index contributed by atoms with van der Waals surface area (Å²) in [5.41, 5.74) is 0. The zero-order chi connectivity index (χ0) is 18.9. The highest BCUT2D eigenvalue weighted by atomic mass is 16.6. The normalized spacial score (nSPS) is 29.5. The van der Waals surface area contributed by atoms with Crippen LogP contribution in [0.4, 0.5) is 0 Å². The summed E-state index contributed by atoms with van der Waals surface area (Å²) in [7, 11) is 0. The summed E-state index contributed by atoms with van der Waals surface area (Å²) in [6.07, 6.45) is -2.17. The number of hydrogen-bond donors (Lipinski definition) is 4. The smallest absolute Gasteiger partial charge is 0.220 e. The minimum atomic E-state index is -1.38. The van der Waals surface area contributed by atoms with E-state index in [0.29, 0.717) is 12.8 Å². The number of hydrogen-bond acceptors (Lipinski definition) is 6. The quantitative estimate of drug-likeness (QED) is 0.496. The van der Waals surface area contributed by atoms with Crippen LogP contribution in [0.15, 0.2) is 13.2 Å². The second kappa shape index (κ2) is 11.3. The summed E-state index contributed by atoms with van der Waals surface area (Å²) in [5, 5.41) is 32.2. The standard InChI is InChI=1S/C15H27NO6.C2H4/c1-8(2)12-10(7-17)22-15(21)13(14(12)20)16-11(19)6-4-5-9(3)18;1-2/h8,10,12-15,17,20-21H,4-7H2,1-3H3,(H,16,19);1-2H2. The van der Waals surface area contributed by atoms with E-state index in [4.69, 9.17) is 4.74 Å². The van der Waals surface area contributed by atoms with E-state index in [1.807, 2.05) is 13.8 Å². The fraction of sp³-hybridized carbons (Fsp3) is 0.765. The molecule has 0 spiro atoms. The number of carbonyl (C=O) groups is 2. The fourth-order valence-electron chi connectivity index (χ4n) is 2.88. The summed E-state index contributed by atoms with van der Waals surface area (Å²) in [4.78, 5) is 22.7. The Balaban J connectivity index is 0.00000254. The largest absolute Gasteiger partial charge is 0.394 e. The van der Waals surface area contributed by atoms with Crippen LogP contribution < -0.4 is 5.32 Å². The van der Waals surface area contributed by atoms with Gasteiger partial charge in [-0.3, -0.25) is 4.79 Å². The molecule has 1 fully saturated rings. The Kier molecular flexibility index (Phi) is 10.7. The second-order valence-electron chi connectivity index (χ2n) is 6.21. The first-order chi connectivity index (χ1) is 11.3. The van der Waals surface area contributed by atoms with Crippen molar-refractivity contribution in [3.05, 3.63) is 13.2 Å². The van der Waals surface area contributed by atoms with Crippen molar-refractivity contribution in [3.63, 3.8) is 0 Å². The third-order valence-corrected chi connectivity index (χ3v) is 4.02. The SMILES string of the molecule is C=C.CC(=O)CCCC(=O)NC1C(O)OC(CO)C(C(C)C)C1O. The zero-order valence-electron chi connectivity index (χ0n) is 14.8. The Morgan fingerprint density at radius 3 is 2.25 bits per heavy atom. The molecule has 1 saturated heterocycles. The van der Waals surface area contributed by atoms with Gasteiger partial charge in [-0.2, -0.15) is 0 Å². The number of nitrogens with one attached hydrogen (secondary N) is 1. The average Bonchev–Trinajstić information content (AvgIpc) is 2.51. The van der Waals surface area contributed by atoms with Crippen molar-refractivity contribution >= 4 is 11.7 Å². The Bertz CT molecular complexity index is 401. The highest BCUT2D eigenvalue weighted by Gasteiger charge is 2.45. The van der Waals surface area contributed by atoms with Gasteiger partial charge in [-0.25, -0.2) is 0 Å². The minimum Gasteiger partial charge on any atom is -0.394 e. The predicted octanol–water partition coefficient (Wildman–Crippen LogP) is 0.375. The van der Waals surface area contributed by atoms with Crippen molar-refractivity contribution in [2.75, 3.05) is 6.61 Å². The van der Waals surface area contributed by atoms with E-state index in [2.05, 4.69) is 18.5 Å². The number of aliphatic hydroxyl groups is 3. The van der Waals surface area contributed by atoms with Crippen molar-refractivity contribution in [1.82, 2.24) is 5.32 Å². The first-order valence-corrected chi connectivity index (χ1v) is 8.19. The molecule has 5 unspecified atom stereocenters. The number of ketones is 1. The molecule has 0 aliphatic carbocycles. The molecule has 140 valence electrons. The van der Waals surface area contributed by atoms with Crippen molar-refractivity contribution < 1.29 is 29.6 Å². The molecule has 0 bridgehead atoms. The maximum absolute atomic E-state index is 11.9. The van der Waals surface area contributed by atoms with Crippen molar-refractivity contribution in [3.8, 4) is 0 Å². The summed E-state index contributed by atoms with van der Waals surface area (Å²) >= 11 is 0. The van der Waals surface area contributed by atoms with Crippen LogP contribution in [0.5, 0.6) is 0 Å². The molecule has 1 amide bonds. The minimum absolute atomic E-state index is 0.0109. The zero-order valence-corrected chi connectivity index (χ0v) is 14.8. The van der Waals surface area contributed by atoms with Crippen LogP contribution in [0.3, 0.4) is 0 Å². The number of rotatable bonds is 7. The van der Waals surface area contributed by atoms with E-state index in [-0.39, 0.29) is 30.6 Å². The molecule has 1 heterocycles. The fourth-order valence-corrected chi connectivity index (χ4v) is 2.88. The third kappa shape index (κ3) is 6.68. The van der Waals surface area contributed by atoms with Crippen molar-refractivity contribution in [2.45, 2.75) is 64.6 Å². The van der Waals surface area contributed by atoms with Gasteiger partial charge in [0.1, 0.15) is 11.8 Å². The molecule has 1 rings (SSSR count). The summed E-state index contributed by atoms with van der Waals surface area (Å²) in [6, 6.07) is -0.944. The summed E-state index contributed by atoms with van der Waals surface area (Å²) in [5.74, 6) is -0.717. The molecule has 7 nitrogen and oxygen atoms in total. The van der Waals surface area contributed by atoms with Gasteiger partial charge >= 0.3 is 0 Å². The van der Waals surface area contributed by atoms with E-state index in [1.165, 1.54) is 6.92 Å². The lowest BCUT2D eigenvalue weighted by Crippen LogP contribution is -2.62. The van der Waals surface area contributed by atoms with Crippen LogP contribution in [0, 0.1) is 11.8 Å². The topological polar surface area (TPSA) is 116 Å². The summed E-state index contributed by atoms with van der Waals surface area (Å²) in [6.45, 7) is 10.9. The first kappa shape index (κ1) is 22.7. The van der Waals surface area contributed by atoms with Gasteiger partial charge in [-0.15, -0.1) is 13.2 Å². The molecule has 0 aromatic carbocycles. The highest BCUT2D eigenvalue weighted by Crippen LogP contribution is 2.30. The van der Waals surface area contributed by atoms with E-state index in [0.717, 1.165) is 0 Å².